The van der Waals surface area contributed by atoms with Crippen LogP contribution in [-0.4, -0.2) is 34.2 Å². The number of ether oxygens (including phenoxy) is 1. The number of carbonyl (C=O) groups excluding carboxylic acids is 2. The van der Waals surface area contributed by atoms with E-state index >= 15 is 0 Å². The van der Waals surface area contributed by atoms with Gasteiger partial charge in [-0.2, -0.15) is 0 Å². The van der Waals surface area contributed by atoms with Crippen molar-refractivity contribution in [2.75, 3.05) is 6.61 Å². The molecule has 1 aliphatic rings. The Morgan fingerprint density at radius 2 is 1.62 bits per heavy atom. The van der Waals surface area contributed by atoms with E-state index in [1.807, 2.05) is 32.1 Å². The molecular weight excluding hydrogens is 366 g/mol. The summed E-state index contributed by atoms with van der Waals surface area (Å²) < 4.78 is 5.08. The number of amides is 2. The standard InChI is InChI=1S/C24H35NO4/c1-10-29-21(28)25-20(27)16(14-24(25,8)9)11-15-12-17(22(2,3)4)19(26)18(13-15)23(5,6)7/h11-13,26H,10,14H2,1-9H3. The van der Waals surface area contributed by atoms with E-state index in [0.29, 0.717) is 17.7 Å². The zero-order valence-corrected chi connectivity index (χ0v) is 19.3. The molecule has 1 N–H and O–H groups in total. The van der Waals surface area contributed by atoms with Crippen molar-refractivity contribution in [3.8, 4) is 5.75 Å². The number of benzene rings is 1. The zero-order chi connectivity index (χ0) is 22.4. The number of nitrogens with zero attached hydrogens (tertiary/aromatic N) is 1. The lowest BCUT2D eigenvalue weighted by Gasteiger charge is -2.28. The first-order chi connectivity index (χ1) is 13.1. The maximum atomic E-state index is 13.0. The molecule has 0 bridgehead atoms. The Kier molecular flexibility index (Phi) is 5.95. The molecule has 0 unspecified atom stereocenters. The average Bonchev–Trinajstić information content (AvgIpc) is 2.75. The van der Waals surface area contributed by atoms with Crippen molar-refractivity contribution in [1.29, 1.82) is 0 Å². The second-order valence-electron chi connectivity index (χ2n) is 10.5. The lowest BCUT2D eigenvalue weighted by Crippen LogP contribution is -2.45. The van der Waals surface area contributed by atoms with E-state index < -0.39 is 11.6 Å². The number of carbonyl (C=O) groups is 2. The number of phenols is 1. The van der Waals surface area contributed by atoms with Crippen LogP contribution >= 0.6 is 0 Å². The van der Waals surface area contributed by atoms with Crippen LogP contribution in [0.25, 0.3) is 6.08 Å². The third kappa shape index (κ3) is 4.65. The van der Waals surface area contributed by atoms with Crippen LogP contribution in [0, 0.1) is 0 Å². The molecule has 2 amide bonds. The first kappa shape index (κ1) is 23.0. The summed E-state index contributed by atoms with van der Waals surface area (Å²) in [7, 11) is 0. The molecule has 5 heteroatoms. The van der Waals surface area contributed by atoms with Crippen molar-refractivity contribution < 1.29 is 19.4 Å². The highest BCUT2D eigenvalue weighted by atomic mass is 16.6. The van der Waals surface area contributed by atoms with Gasteiger partial charge in [0.25, 0.3) is 5.91 Å². The number of phenolic OH excluding ortho intramolecular Hbond substituents is 1. The van der Waals surface area contributed by atoms with Crippen molar-refractivity contribution in [1.82, 2.24) is 4.90 Å². The molecule has 0 aromatic heterocycles. The van der Waals surface area contributed by atoms with Crippen LogP contribution < -0.4 is 0 Å². The van der Waals surface area contributed by atoms with E-state index in [9.17, 15) is 14.7 Å². The number of rotatable bonds is 2. The Morgan fingerprint density at radius 1 is 1.14 bits per heavy atom. The number of aromatic hydroxyl groups is 1. The minimum Gasteiger partial charge on any atom is -0.507 e. The van der Waals surface area contributed by atoms with Crippen LogP contribution in [-0.2, 0) is 20.4 Å². The Balaban J connectivity index is 2.60. The fraction of sp³-hybridized carbons (Fsp3) is 0.583. The van der Waals surface area contributed by atoms with Gasteiger partial charge in [0.05, 0.1) is 12.1 Å². The molecule has 1 aromatic carbocycles. The molecular formula is C24H35NO4. The van der Waals surface area contributed by atoms with Gasteiger partial charge in [0, 0.05) is 23.1 Å². The molecule has 1 aliphatic heterocycles. The summed E-state index contributed by atoms with van der Waals surface area (Å²) in [6.45, 7) is 18.0. The van der Waals surface area contributed by atoms with E-state index in [0.717, 1.165) is 16.7 Å². The van der Waals surface area contributed by atoms with Gasteiger partial charge in [-0.25, -0.2) is 9.69 Å². The van der Waals surface area contributed by atoms with E-state index in [1.54, 1.807) is 6.92 Å². The maximum Gasteiger partial charge on any atom is 0.417 e. The highest BCUT2D eigenvalue weighted by Gasteiger charge is 2.46. The summed E-state index contributed by atoms with van der Waals surface area (Å²) in [5, 5.41) is 10.9. The second-order valence-corrected chi connectivity index (χ2v) is 10.5. The van der Waals surface area contributed by atoms with Crippen molar-refractivity contribution in [2.24, 2.45) is 0 Å². The quantitative estimate of drug-likeness (QED) is 0.661. The maximum absolute atomic E-state index is 13.0. The minimum absolute atomic E-state index is 0.222. The highest BCUT2D eigenvalue weighted by Crippen LogP contribution is 2.41. The smallest absolute Gasteiger partial charge is 0.417 e. The average molecular weight is 402 g/mol. The summed E-state index contributed by atoms with van der Waals surface area (Å²) in [4.78, 5) is 26.5. The van der Waals surface area contributed by atoms with Crippen LogP contribution in [0.5, 0.6) is 5.75 Å². The predicted molar refractivity (Wildman–Crippen MR) is 116 cm³/mol. The molecule has 2 rings (SSSR count). The molecule has 0 atom stereocenters. The van der Waals surface area contributed by atoms with Crippen molar-refractivity contribution >= 4 is 18.1 Å². The molecule has 5 nitrogen and oxygen atoms in total. The molecule has 1 heterocycles. The zero-order valence-electron chi connectivity index (χ0n) is 19.3. The molecule has 160 valence electrons. The molecule has 0 spiro atoms. The van der Waals surface area contributed by atoms with E-state index in [2.05, 4.69) is 41.5 Å². The molecule has 29 heavy (non-hydrogen) atoms. The third-order valence-corrected chi connectivity index (χ3v) is 5.25. The molecule has 1 aromatic rings. The van der Waals surface area contributed by atoms with E-state index in [1.165, 1.54) is 4.90 Å². The lowest BCUT2D eigenvalue weighted by molar-refractivity contribution is -0.126. The van der Waals surface area contributed by atoms with Gasteiger partial charge in [-0.1, -0.05) is 41.5 Å². The fourth-order valence-electron chi connectivity index (χ4n) is 3.75. The lowest BCUT2D eigenvalue weighted by atomic mass is 9.78. The molecule has 0 radical (unpaired) electrons. The van der Waals surface area contributed by atoms with Gasteiger partial charge in [-0.05, 0) is 55.4 Å². The Bertz CT molecular complexity index is 816. The number of hydrogen-bond donors (Lipinski definition) is 1. The van der Waals surface area contributed by atoms with Crippen molar-refractivity contribution in [2.45, 2.75) is 85.1 Å². The Hall–Kier alpha value is -2.30. The van der Waals surface area contributed by atoms with Crippen LogP contribution in [0.3, 0.4) is 0 Å². The monoisotopic (exact) mass is 401 g/mol. The SMILES string of the molecule is CCOC(=O)N1C(=O)C(=Cc2cc(C(C)(C)C)c(O)c(C(C)(C)C)c2)CC1(C)C. The number of imide groups is 1. The van der Waals surface area contributed by atoms with Gasteiger partial charge in [-0.15, -0.1) is 0 Å². The Labute approximate surface area is 174 Å². The molecule has 0 saturated carbocycles. The summed E-state index contributed by atoms with van der Waals surface area (Å²) in [5.74, 6) is -0.0190. The van der Waals surface area contributed by atoms with E-state index in [-0.39, 0.29) is 23.3 Å². The molecule has 1 fully saturated rings. The van der Waals surface area contributed by atoms with Crippen LogP contribution in [0.2, 0.25) is 0 Å². The van der Waals surface area contributed by atoms with Crippen molar-refractivity contribution in [3.63, 3.8) is 0 Å². The van der Waals surface area contributed by atoms with Gasteiger partial charge in [0.2, 0.25) is 0 Å². The highest BCUT2D eigenvalue weighted by molar-refractivity contribution is 6.08. The topological polar surface area (TPSA) is 66.8 Å². The second kappa shape index (κ2) is 7.51. The van der Waals surface area contributed by atoms with Crippen molar-refractivity contribution in [3.05, 3.63) is 34.4 Å². The van der Waals surface area contributed by atoms with Gasteiger partial charge in [-0.3, -0.25) is 4.79 Å². The molecule has 1 saturated heterocycles. The number of likely N-dealkylation sites (tertiary alicyclic amines) is 1. The number of hydrogen-bond acceptors (Lipinski definition) is 4. The fourth-order valence-corrected chi connectivity index (χ4v) is 3.75. The van der Waals surface area contributed by atoms with Gasteiger partial charge < -0.3 is 9.84 Å². The van der Waals surface area contributed by atoms with E-state index in [4.69, 9.17) is 4.74 Å². The summed E-state index contributed by atoms with van der Waals surface area (Å²) in [6, 6.07) is 3.87. The normalized spacial score (nSPS) is 18.4. The Morgan fingerprint density at radius 3 is 2.03 bits per heavy atom. The van der Waals surface area contributed by atoms with Crippen LogP contribution in [0.4, 0.5) is 4.79 Å². The largest absolute Gasteiger partial charge is 0.507 e. The third-order valence-electron chi connectivity index (χ3n) is 5.25. The van der Waals surface area contributed by atoms with Gasteiger partial charge in [0.15, 0.2) is 0 Å². The molecule has 0 aliphatic carbocycles. The first-order valence-corrected chi connectivity index (χ1v) is 10.2. The minimum atomic E-state index is -0.647. The van der Waals surface area contributed by atoms with Gasteiger partial charge >= 0.3 is 6.09 Å². The summed E-state index contributed by atoms with van der Waals surface area (Å²) in [5.41, 5.74) is 1.93. The first-order valence-electron chi connectivity index (χ1n) is 10.2. The van der Waals surface area contributed by atoms with Gasteiger partial charge in [0.1, 0.15) is 5.75 Å². The van der Waals surface area contributed by atoms with Crippen LogP contribution in [0.1, 0.15) is 85.4 Å². The summed E-state index contributed by atoms with van der Waals surface area (Å²) >= 11 is 0. The predicted octanol–water partition coefficient (Wildman–Crippen LogP) is 5.54. The van der Waals surface area contributed by atoms with Crippen LogP contribution in [0.15, 0.2) is 17.7 Å². The summed E-state index contributed by atoms with van der Waals surface area (Å²) in [6.07, 6.45) is 1.68.